The first-order chi connectivity index (χ1) is 14.4. The van der Waals surface area contributed by atoms with Gasteiger partial charge in [-0.1, -0.05) is 11.6 Å². The molecule has 0 atom stereocenters. The van der Waals surface area contributed by atoms with E-state index in [1.807, 2.05) is 4.90 Å². The molecule has 2 heterocycles. The molecule has 0 bridgehead atoms. The van der Waals surface area contributed by atoms with Crippen LogP contribution in [-0.4, -0.2) is 42.5 Å². The van der Waals surface area contributed by atoms with Crippen LogP contribution in [-0.2, 0) is 0 Å². The van der Waals surface area contributed by atoms with Crippen LogP contribution in [0.1, 0.15) is 12.8 Å². The SMILES string of the molecule is COc1ccc2c(OCC3(O)CCN(c4ccc(Cl)cc4F)CC3)ccc(F)c2n1. The van der Waals surface area contributed by atoms with Crippen molar-refractivity contribution in [2.24, 2.45) is 0 Å². The minimum absolute atomic E-state index is 0.0384. The van der Waals surface area contributed by atoms with E-state index in [9.17, 15) is 13.9 Å². The Kier molecular flexibility index (Phi) is 5.66. The lowest BCUT2D eigenvalue weighted by Gasteiger charge is -2.39. The summed E-state index contributed by atoms with van der Waals surface area (Å²) in [7, 11) is 1.46. The third-order valence-corrected chi connectivity index (χ3v) is 5.63. The number of methoxy groups -OCH3 is 1. The van der Waals surface area contributed by atoms with Gasteiger partial charge in [0, 0.05) is 29.6 Å². The zero-order valence-electron chi connectivity index (χ0n) is 16.4. The van der Waals surface area contributed by atoms with E-state index in [0.29, 0.717) is 53.7 Å². The number of hydrogen-bond acceptors (Lipinski definition) is 5. The van der Waals surface area contributed by atoms with Gasteiger partial charge in [-0.05, 0) is 49.2 Å². The molecule has 1 saturated heterocycles. The van der Waals surface area contributed by atoms with Gasteiger partial charge in [0.05, 0.1) is 12.8 Å². The predicted octanol–water partition coefficient (Wildman–Crippen LogP) is 4.59. The number of hydrogen-bond donors (Lipinski definition) is 1. The van der Waals surface area contributed by atoms with Crippen molar-refractivity contribution in [3.63, 3.8) is 0 Å². The molecule has 30 heavy (non-hydrogen) atoms. The first kappa shape index (κ1) is 20.6. The Balaban J connectivity index is 1.45. The molecule has 5 nitrogen and oxygen atoms in total. The second-order valence-electron chi connectivity index (χ2n) is 7.39. The van der Waals surface area contributed by atoms with E-state index < -0.39 is 11.4 Å². The summed E-state index contributed by atoms with van der Waals surface area (Å²) in [4.78, 5) is 6.01. The number of benzene rings is 2. The third kappa shape index (κ3) is 4.13. The monoisotopic (exact) mass is 434 g/mol. The maximum atomic E-state index is 14.2. The number of rotatable bonds is 5. The highest BCUT2D eigenvalue weighted by Crippen LogP contribution is 2.32. The van der Waals surface area contributed by atoms with E-state index in [4.69, 9.17) is 21.1 Å². The molecule has 0 saturated carbocycles. The second-order valence-corrected chi connectivity index (χ2v) is 7.83. The van der Waals surface area contributed by atoms with Gasteiger partial charge in [-0.25, -0.2) is 13.8 Å². The number of aromatic nitrogens is 1. The van der Waals surface area contributed by atoms with Gasteiger partial charge in [0.15, 0.2) is 0 Å². The van der Waals surface area contributed by atoms with Gasteiger partial charge in [-0.2, -0.15) is 0 Å². The minimum atomic E-state index is -1.07. The van der Waals surface area contributed by atoms with Crippen molar-refractivity contribution in [2.75, 3.05) is 31.7 Å². The number of nitrogens with zero attached hydrogens (tertiary/aromatic N) is 2. The summed E-state index contributed by atoms with van der Waals surface area (Å²) >= 11 is 5.82. The van der Waals surface area contributed by atoms with Crippen LogP contribution in [0.25, 0.3) is 10.9 Å². The predicted molar refractivity (Wildman–Crippen MR) is 112 cm³/mol. The summed E-state index contributed by atoms with van der Waals surface area (Å²) in [5, 5.41) is 11.8. The largest absolute Gasteiger partial charge is 0.490 e. The summed E-state index contributed by atoms with van der Waals surface area (Å²) in [6, 6.07) is 10.7. The van der Waals surface area contributed by atoms with E-state index >= 15 is 0 Å². The van der Waals surface area contributed by atoms with Gasteiger partial charge in [0.25, 0.3) is 0 Å². The molecule has 1 aliphatic rings. The molecule has 0 unspecified atom stereocenters. The van der Waals surface area contributed by atoms with Gasteiger partial charge in [0.2, 0.25) is 5.88 Å². The van der Waals surface area contributed by atoms with Crippen molar-refractivity contribution in [1.29, 1.82) is 0 Å². The minimum Gasteiger partial charge on any atom is -0.490 e. The molecular weight excluding hydrogens is 414 g/mol. The zero-order valence-corrected chi connectivity index (χ0v) is 17.1. The first-order valence-electron chi connectivity index (χ1n) is 9.57. The lowest BCUT2D eigenvalue weighted by Crippen LogP contribution is -2.48. The third-order valence-electron chi connectivity index (χ3n) is 5.39. The van der Waals surface area contributed by atoms with Crippen LogP contribution >= 0.6 is 11.6 Å². The lowest BCUT2D eigenvalue weighted by atomic mass is 9.92. The maximum absolute atomic E-state index is 14.2. The van der Waals surface area contributed by atoms with Crippen molar-refractivity contribution in [2.45, 2.75) is 18.4 Å². The van der Waals surface area contributed by atoms with Crippen molar-refractivity contribution in [3.8, 4) is 11.6 Å². The van der Waals surface area contributed by atoms with Gasteiger partial charge < -0.3 is 19.5 Å². The van der Waals surface area contributed by atoms with Crippen LogP contribution in [0.5, 0.6) is 11.6 Å². The van der Waals surface area contributed by atoms with Gasteiger partial charge in [-0.3, -0.25) is 0 Å². The number of ether oxygens (including phenoxy) is 2. The van der Waals surface area contributed by atoms with Crippen molar-refractivity contribution < 1.29 is 23.4 Å². The van der Waals surface area contributed by atoms with Crippen LogP contribution in [0, 0.1) is 11.6 Å². The molecule has 8 heteroatoms. The number of halogens is 3. The molecule has 1 N–H and O–H groups in total. The highest BCUT2D eigenvalue weighted by atomic mass is 35.5. The van der Waals surface area contributed by atoms with E-state index in [1.54, 1.807) is 24.3 Å². The molecule has 4 rings (SSSR count). The van der Waals surface area contributed by atoms with Gasteiger partial charge in [-0.15, -0.1) is 0 Å². The summed E-state index contributed by atoms with van der Waals surface area (Å²) in [5.41, 5.74) is -0.459. The molecule has 1 aliphatic heterocycles. The molecule has 0 aliphatic carbocycles. The number of piperidine rings is 1. The van der Waals surface area contributed by atoms with Crippen molar-refractivity contribution in [1.82, 2.24) is 4.98 Å². The van der Waals surface area contributed by atoms with Crippen LogP contribution in [0.4, 0.5) is 14.5 Å². The number of pyridine rings is 1. The molecule has 0 spiro atoms. The molecule has 1 aromatic heterocycles. The second kappa shape index (κ2) is 8.24. The smallest absolute Gasteiger partial charge is 0.213 e. The Labute approximate surface area is 177 Å². The quantitative estimate of drug-likeness (QED) is 0.636. The Hall–Kier alpha value is -2.64. The molecule has 3 aromatic rings. The van der Waals surface area contributed by atoms with E-state index in [0.717, 1.165) is 0 Å². The normalized spacial score (nSPS) is 16.0. The van der Waals surface area contributed by atoms with E-state index in [-0.39, 0.29) is 17.9 Å². The molecule has 1 fully saturated rings. The van der Waals surface area contributed by atoms with Crippen molar-refractivity contribution in [3.05, 3.63) is 59.1 Å². The summed E-state index contributed by atoms with van der Waals surface area (Å²) in [6.07, 6.45) is 0.806. The first-order valence-corrected chi connectivity index (χ1v) is 9.95. The average molecular weight is 435 g/mol. The summed E-state index contributed by atoms with van der Waals surface area (Å²) in [5.74, 6) is -0.127. The van der Waals surface area contributed by atoms with E-state index in [2.05, 4.69) is 4.98 Å². The molecule has 158 valence electrons. The maximum Gasteiger partial charge on any atom is 0.213 e. The standard InChI is InChI=1S/C22H21ClF2N2O3/c1-29-20-7-3-15-19(6-4-16(24)21(15)26-20)30-13-22(28)8-10-27(11-9-22)18-5-2-14(23)12-17(18)25/h2-7,12,28H,8-11,13H2,1H3. The molecule has 0 amide bonds. The topological polar surface area (TPSA) is 54.8 Å². The van der Waals surface area contributed by atoms with Crippen molar-refractivity contribution >= 4 is 28.2 Å². The highest BCUT2D eigenvalue weighted by Gasteiger charge is 2.34. The Bertz CT molecular complexity index is 1070. The lowest BCUT2D eigenvalue weighted by molar-refractivity contribution is -0.0238. The molecular formula is C22H21ClF2N2O3. The summed E-state index contributed by atoms with van der Waals surface area (Å²) < 4.78 is 39.2. The number of aliphatic hydroxyl groups is 1. The summed E-state index contributed by atoms with van der Waals surface area (Å²) in [6.45, 7) is 0.985. The van der Waals surface area contributed by atoms with Crippen LogP contribution < -0.4 is 14.4 Å². The number of fused-ring (bicyclic) bond motifs is 1. The highest BCUT2D eigenvalue weighted by molar-refractivity contribution is 6.30. The fourth-order valence-corrected chi connectivity index (χ4v) is 3.80. The van der Waals surface area contributed by atoms with E-state index in [1.165, 1.54) is 25.3 Å². The van der Waals surface area contributed by atoms with Gasteiger partial charge >= 0.3 is 0 Å². The molecule has 2 aromatic carbocycles. The Morgan fingerprint density at radius 3 is 2.57 bits per heavy atom. The van der Waals surface area contributed by atoms with Crippen LogP contribution in [0.15, 0.2) is 42.5 Å². The Morgan fingerprint density at radius 2 is 1.87 bits per heavy atom. The Morgan fingerprint density at radius 1 is 1.10 bits per heavy atom. The molecule has 0 radical (unpaired) electrons. The van der Waals surface area contributed by atoms with Crippen LogP contribution in [0.3, 0.4) is 0 Å². The average Bonchev–Trinajstić information content (AvgIpc) is 2.74. The number of anilines is 1. The fourth-order valence-electron chi connectivity index (χ4n) is 3.64. The van der Waals surface area contributed by atoms with Gasteiger partial charge in [0.1, 0.15) is 35.1 Å². The zero-order chi connectivity index (χ0) is 21.3. The van der Waals surface area contributed by atoms with Crippen LogP contribution in [0.2, 0.25) is 5.02 Å². The fraction of sp³-hybridized carbons (Fsp3) is 0.318.